The first-order valence-electron chi connectivity index (χ1n) is 3.81. The van der Waals surface area contributed by atoms with E-state index in [-0.39, 0.29) is 11.7 Å². The summed E-state index contributed by atoms with van der Waals surface area (Å²) in [6.45, 7) is 1.82. The van der Waals surface area contributed by atoms with E-state index in [1.54, 1.807) is 6.07 Å². The van der Waals surface area contributed by atoms with Crippen molar-refractivity contribution < 1.29 is 9.90 Å². The molecule has 0 fully saturated rings. The number of phenolic OH excluding ortho intramolecular Hbond substituents is 1. The van der Waals surface area contributed by atoms with Crippen molar-refractivity contribution in [2.75, 3.05) is 0 Å². The first-order valence-corrected chi connectivity index (χ1v) is 4.19. The molecule has 0 saturated carbocycles. The van der Waals surface area contributed by atoms with E-state index < -0.39 is 0 Å². The van der Waals surface area contributed by atoms with Crippen molar-refractivity contribution in [1.82, 2.24) is 5.32 Å². The normalized spacial score (nSPS) is 9.69. The van der Waals surface area contributed by atoms with Crippen LogP contribution in [0.5, 0.6) is 5.75 Å². The van der Waals surface area contributed by atoms with E-state index >= 15 is 0 Å². The van der Waals surface area contributed by atoms with Crippen LogP contribution in [0.15, 0.2) is 18.2 Å². The van der Waals surface area contributed by atoms with Crippen LogP contribution in [0, 0.1) is 0 Å². The number of hydrogen-bond acceptors (Lipinski definition) is 2. The van der Waals surface area contributed by atoms with Gasteiger partial charge in [-0.25, -0.2) is 0 Å². The fourth-order valence-corrected chi connectivity index (χ4v) is 1.14. The number of aromatic hydroxyl groups is 1. The van der Waals surface area contributed by atoms with Crippen LogP contribution in [0.2, 0.25) is 5.02 Å². The second-order valence-corrected chi connectivity index (χ2v) is 3.09. The maximum absolute atomic E-state index is 10.6. The minimum Gasteiger partial charge on any atom is -0.508 e. The number of benzene rings is 1. The van der Waals surface area contributed by atoms with E-state index in [0.717, 1.165) is 5.56 Å². The monoisotopic (exact) mass is 199 g/mol. The molecule has 0 aliphatic rings. The summed E-state index contributed by atoms with van der Waals surface area (Å²) in [5, 5.41) is 12.1. The smallest absolute Gasteiger partial charge is 0.217 e. The van der Waals surface area contributed by atoms with Crippen molar-refractivity contribution in [2.45, 2.75) is 13.5 Å². The van der Waals surface area contributed by atoms with Crippen molar-refractivity contribution in [3.63, 3.8) is 0 Å². The fraction of sp³-hybridized carbons (Fsp3) is 0.222. The molecule has 70 valence electrons. The van der Waals surface area contributed by atoms with Gasteiger partial charge in [-0.3, -0.25) is 4.79 Å². The number of carbonyl (C=O) groups is 1. The molecule has 0 atom stereocenters. The molecular formula is C9H10ClNO2. The van der Waals surface area contributed by atoms with Gasteiger partial charge >= 0.3 is 0 Å². The predicted molar refractivity (Wildman–Crippen MR) is 50.6 cm³/mol. The number of halogens is 1. The lowest BCUT2D eigenvalue weighted by molar-refractivity contribution is -0.119. The first kappa shape index (κ1) is 9.86. The first-order chi connectivity index (χ1) is 6.09. The molecule has 4 heteroatoms. The molecule has 0 bridgehead atoms. The van der Waals surface area contributed by atoms with E-state index in [1.165, 1.54) is 19.1 Å². The van der Waals surface area contributed by atoms with Crippen LogP contribution in [-0.4, -0.2) is 11.0 Å². The SMILES string of the molecule is CC(=O)NCc1ccc(O)cc1Cl. The molecule has 0 aliphatic heterocycles. The lowest BCUT2D eigenvalue weighted by Crippen LogP contribution is -2.18. The van der Waals surface area contributed by atoms with Gasteiger partial charge in [0.25, 0.3) is 0 Å². The number of phenols is 1. The number of rotatable bonds is 2. The Labute approximate surface area is 81.3 Å². The average molecular weight is 200 g/mol. The second kappa shape index (κ2) is 4.14. The Morgan fingerprint density at radius 2 is 2.31 bits per heavy atom. The summed E-state index contributed by atoms with van der Waals surface area (Å²) >= 11 is 5.80. The van der Waals surface area contributed by atoms with Crippen LogP contribution >= 0.6 is 11.6 Å². The summed E-state index contributed by atoms with van der Waals surface area (Å²) in [5.74, 6) is 0.0146. The van der Waals surface area contributed by atoms with Gasteiger partial charge in [0.15, 0.2) is 0 Å². The third-order valence-corrected chi connectivity index (χ3v) is 1.92. The van der Waals surface area contributed by atoms with Gasteiger partial charge in [-0.1, -0.05) is 17.7 Å². The topological polar surface area (TPSA) is 49.3 Å². The summed E-state index contributed by atoms with van der Waals surface area (Å²) in [7, 11) is 0. The van der Waals surface area contributed by atoms with Crippen LogP contribution in [0.25, 0.3) is 0 Å². The highest BCUT2D eigenvalue weighted by Crippen LogP contribution is 2.21. The molecule has 3 nitrogen and oxygen atoms in total. The Hall–Kier alpha value is -1.22. The zero-order chi connectivity index (χ0) is 9.84. The summed E-state index contributed by atoms with van der Waals surface area (Å²) in [6.07, 6.45) is 0. The summed E-state index contributed by atoms with van der Waals surface area (Å²) in [4.78, 5) is 10.6. The molecule has 1 aromatic carbocycles. The van der Waals surface area contributed by atoms with Crippen molar-refractivity contribution in [3.05, 3.63) is 28.8 Å². The third kappa shape index (κ3) is 2.95. The zero-order valence-corrected chi connectivity index (χ0v) is 7.93. The minimum absolute atomic E-state index is 0.107. The molecule has 1 aromatic rings. The van der Waals surface area contributed by atoms with E-state index in [9.17, 15) is 4.79 Å². The van der Waals surface area contributed by atoms with Gasteiger partial charge in [0.1, 0.15) is 5.75 Å². The van der Waals surface area contributed by atoms with Crippen molar-refractivity contribution in [2.24, 2.45) is 0 Å². The molecule has 0 aromatic heterocycles. The van der Waals surface area contributed by atoms with E-state index in [0.29, 0.717) is 11.6 Å². The van der Waals surface area contributed by atoms with Crippen LogP contribution < -0.4 is 5.32 Å². The highest BCUT2D eigenvalue weighted by molar-refractivity contribution is 6.31. The van der Waals surface area contributed by atoms with Gasteiger partial charge in [-0.15, -0.1) is 0 Å². The summed E-state index contributed by atoms with van der Waals surface area (Å²) in [6, 6.07) is 4.65. The Bertz CT molecular complexity index is 325. The third-order valence-electron chi connectivity index (χ3n) is 1.56. The van der Waals surface area contributed by atoms with E-state index in [2.05, 4.69) is 5.32 Å². The summed E-state index contributed by atoms with van der Waals surface area (Å²) < 4.78 is 0. The highest BCUT2D eigenvalue weighted by atomic mass is 35.5. The molecular weight excluding hydrogens is 190 g/mol. The maximum atomic E-state index is 10.6. The van der Waals surface area contributed by atoms with Crippen LogP contribution in [0.3, 0.4) is 0 Å². The quantitative estimate of drug-likeness (QED) is 0.762. The van der Waals surface area contributed by atoms with E-state index in [1.807, 2.05) is 0 Å². The molecule has 0 saturated heterocycles. The van der Waals surface area contributed by atoms with Crippen molar-refractivity contribution in [1.29, 1.82) is 0 Å². The molecule has 0 unspecified atom stereocenters. The number of nitrogens with one attached hydrogen (secondary N) is 1. The summed E-state index contributed by atoms with van der Waals surface area (Å²) in [5.41, 5.74) is 0.787. The van der Waals surface area contributed by atoms with Crippen molar-refractivity contribution in [3.8, 4) is 5.75 Å². The number of hydrogen-bond donors (Lipinski definition) is 2. The predicted octanol–water partition coefficient (Wildman–Crippen LogP) is 1.68. The lowest BCUT2D eigenvalue weighted by atomic mass is 10.2. The molecule has 1 amide bonds. The molecule has 0 heterocycles. The molecule has 0 spiro atoms. The number of amides is 1. The zero-order valence-electron chi connectivity index (χ0n) is 7.17. The standard InChI is InChI=1S/C9H10ClNO2/c1-6(12)11-5-7-2-3-8(13)4-9(7)10/h2-4,13H,5H2,1H3,(H,11,12). The fourth-order valence-electron chi connectivity index (χ4n) is 0.899. The molecule has 0 aliphatic carbocycles. The largest absolute Gasteiger partial charge is 0.508 e. The maximum Gasteiger partial charge on any atom is 0.217 e. The second-order valence-electron chi connectivity index (χ2n) is 2.69. The Kier molecular flexibility index (Phi) is 3.14. The van der Waals surface area contributed by atoms with Gasteiger partial charge in [-0.2, -0.15) is 0 Å². The van der Waals surface area contributed by atoms with Crippen LogP contribution in [-0.2, 0) is 11.3 Å². The molecule has 0 radical (unpaired) electrons. The van der Waals surface area contributed by atoms with Crippen molar-refractivity contribution >= 4 is 17.5 Å². The van der Waals surface area contributed by atoms with Crippen LogP contribution in [0.1, 0.15) is 12.5 Å². The van der Waals surface area contributed by atoms with Gasteiger partial charge < -0.3 is 10.4 Å². The Morgan fingerprint density at radius 1 is 1.62 bits per heavy atom. The van der Waals surface area contributed by atoms with Gasteiger partial charge in [0.05, 0.1) is 0 Å². The van der Waals surface area contributed by atoms with E-state index in [4.69, 9.17) is 16.7 Å². The van der Waals surface area contributed by atoms with Crippen LogP contribution in [0.4, 0.5) is 0 Å². The van der Waals surface area contributed by atoms with Gasteiger partial charge in [0, 0.05) is 18.5 Å². The average Bonchev–Trinajstić information content (AvgIpc) is 2.02. The number of carbonyl (C=O) groups excluding carboxylic acids is 1. The molecule has 2 N–H and O–H groups in total. The Balaban J connectivity index is 2.72. The molecule has 1 rings (SSSR count). The minimum atomic E-state index is -0.107. The Morgan fingerprint density at radius 3 is 2.85 bits per heavy atom. The molecule has 13 heavy (non-hydrogen) atoms. The highest BCUT2D eigenvalue weighted by Gasteiger charge is 2.01. The lowest BCUT2D eigenvalue weighted by Gasteiger charge is -2.04. The van der Waals surface area contributed by atoms with Gasteiger partial charge in [-0.05, 0) is 17.7 Å². The van der Waals surface area contributed by atoms with Gasteiger partial charge in [0.2, 0.25) is 5.91 Å².